The van der Waals surface area contributed by atoms with Crippen LogP contribution in [0.4, 0.5) is 0 Å². The first-order valence-electron chi connectivity index (χ1n) is 4.21. The van der Waals surface area contributed by atoms with Gasteiger partial charge < -0.3 is 5.11 Å². The van der Waals surface area contributed by atoms with Gasteiger partial charge in [-0.15, -0.1) is 5.10 Å². The van der Waals surface area contributed by atoms with E-state index in [1.807, 2.05) is 12.1 Å². The number of nitrogens with zero attached hydrogens (tertiary/aromatic N) is 3. The summed E-state index contributed by atoms with van der Waals surface area (Å²) >= 11 is 3.19. The molecular formula is C9H10BrN3O. The molecule has 2 aromatic heterocycles. The molecule has 0 radical (unpaired) electrons. The zero-order valence-corrected chi connectivity index (χ0v) is 9.48. The highest BCUT2D eigenvalue weighted by molar-refractivity contribution is 9.10. The van der Waals surface area contributed by atoms with Crippen molar-refractivity contribution in [1.82, 2.24) is 14.6 Å². The van der Waals surface area contributed by atoms with Crippen molar-refractivity contribution in [1.29, 1.82) is 0 Å². The molecule has 0 saturated heterocycles. The van der Waals surface area contributed by atoms with Gasteiger partial charge in [-0.25, -0.2) is 9.50 Å². The zero-order valence-electron chi connectivity index (χ0n) is 7.90. The molecule has 0 aromatic carbocycles. The van der Waals surface area contributed by atoms with Crippen LogP contribution in [0.3, 0.4) is 0 Å². The predicted molar refractivity (Wildman–Crippen MR) is 55.9 cm³/mol. The van der Waals surface area contributed by atoms with E-state index in [1.165, 1.54) is 0 Å². The van der Waals surface area contributed by atoms with Crippen molar-refractivity contribution in [3.8, 4) is 0 Å². The van der Waals surface area contributed by atoms with Crippen LogP contribution in [0.2, 0.25) is 0 Å². The summed E-state index contributed by atoms with van der Waals surface area (Å²) in [7, 11) is 0. The van der Waals surface area contributed by atoms with Crippen LogP contribution in [-0.4, -0.2) is 19.7 Å². The van der Waals surface area contributed by atoms with Crippen molar-refractivity contribution in [2.75, 3.05) is 0 Å². The Morgan fingerprint density at radius 2 is 2.14 bits per heavy atom. The third-order valence-electron chi connectivity index (χ3n) is 2.01. The van der Waals surface area contributed by atoms with Gasteiger partial charge in [-0.05, 0) is 35.8 Å². The van der Waals surface area contributed by atoms with E-state index < -0.39 is 5.60 Å². The van der Waals surface area contributed by atoms with E-state index in [0.29, 0.717) is 4.73 Å². The van der Waals surface area contributed by atoms with Crippen LogP contribution >= 0.6 is 15.9 Å². The number of rotatable bonds is 1. The summed E-state index contributed by atoms with van der Waals surface area (Å²) in [6, 6.07) is 3.67. The second-order valence-electron chi connectivity index (χ2n) is 3.66. The highest BCUT2D eigenvalue weighted by Gasteiger charge is 2.16. The standard InChI is InChI=1S/C9H10BrN3O/c1-9(2,14)6-3-4-7-11-8(10)12-13(7)5-6/h3-5,14H,1-2H3. The van der Waals surface area contributed by atoms with Crippen molar-refractivity contribution < 1.29 is 5.11 Å². The van der Waals surface area contributed by atoms with E-state index in [1.54, 1.807) is 24.6 Å². The van der Waals surface area contributed by atoms with Crippen LogP contribution in [0.15, 0.2) is 23.1 Å². The van der Waals surface area contributed by atoms with Crippen LogP contribution in [0.5, 0.6) is 0 Å². The molecule has 0 bridgehead atoms. The molecule has 74 valence electrons. The Morgan fingerprint density at radius 3 is 2.79 bits per heavy atom. The van der Waals surface area contributed by atoms with Gasteiger partial charge in [0.05, 0.1) is 5.60 Å². The fourth-order valence-corrected chi connectivity index (χ4v) is 1.57. The quantitative estimate of drug-likeness (QED) is 0.845. The molecule has 0 aliphatic heterocycles. The lowest BCUT2D eigenvalue weighted by molar-refractivity contribution is 0.0780. The predicted octanol–water partition coefficient (Wildman–Crippen LogP) is 1.72. The molecule has 1 N–H and O–H groups in total. The van der Waals surface area contributed by atoms with Crippen LogP contribution in [0.1, 0.15) is 19.4 Å². The molecule has 0 fully saturated rings. The van der Waals surface area contributed by atoms with Crippen molar-refractivity contribution in [2.24, 2.45) is 0 Å². The molecule has 0 aliphatic carbocycles. The topological polar surface area (TPSA) is 50.4 Å². The molecule has 2 rings (SSSR count). The number of aliphatic hydroxyl groups is 1. The van der Waals surface area contributed by atoms with E-state index in [9.17, 15) is 5.11 Å². The summed E-state index contributed by atoms with van der Waals surface area (Å²) < 4.78 is 2.18. The Bertz CT molecular complexity index is 472. The Labute approximate surface area is 89.7 Å². The van der Waals surface area contributed by atoms with Crippen molar-refractivity contribution >= 4 is 21.6 Å². The molecule has 0 saturated carbocycles. The van der Waals surface area contributed by atoms with Crippen molar-refractivity contribution in [3.05, 3.63) is 28.6 Å². The van der Waals surface area contributed by atoms with Crippen molar-refractivity contribution in [2.45, 2.75) is 19.4 Å². The number of fused-ring (bicyclic) bond motifs is 1. The Kier molecular flexibility index (Phi) is 2.08. The summed E-state index contributed by atoms with van der Waals surface area (Å²) in [5.74, 6) is 0. The van der Waals surface area contributed by atoms with Gasteiger partial charge in [0.1, 0.15) is 0 Å². The van der Waals surface area contributed by atoms with Crippen LogP contribution in [0, 0.1) is 0 Å². The number of hydrogen-bond donors (Lipinski definition) is 1. The summed E-state index contributed by atoms with van der Waals surface area (Å²) in [4.78, 5) is 4.12. The van der Waals surface area contributed by atoms with Gasteiger partial charge in [0.2, 0.25) is 4.73 Å². The maximum atomic E-state index is 9.78. The molecular weight excluding hydrogens is 246 g/mol. The fraction of sp³-hybridized carbons (Fsp3) is 0.333. The number of pyridine rings is 1. The normalized spacial score (nSPS) is 12.3. The molecule has 0 amide bonds. The third kappa shape index (κ3) is 1.65. The van der Waals surface area contributed by atoms with E-state index in [0.717, 1.165) is 11.2 Å². The van der Waals surface area contributed by atoms with Gasteiger partial charge >= 0.3 is 0 Å². The third-order valence-corrected chi connectivity index (χ3v) is 2.35. The second-order valence-corrected chi connectivity index (χ2v) is 4.37. The highest BCUT2D eigenvalue weighted by Crippen LogP contribution is 2.19. The van der Waals surface area contributed by atoms with E-state index in [4.69, 9.17) is 0 Å². The minimum absolute atomic E-state index is 0.547. The Balaban J connectivity index is 2.62. The minimum atomic E-state index is -0.855. The van der Waals surface area contributed by atoms with Crippen LogP contribution in [-0.2, 0) is 5.60 Å². The molecule has 5 heteroatoms. The van der Waals surface area contributed by atoms with Gasteiger partial charge in [-0.2, -0.15) is 0 Å². The van der Waals surface area contributed by atoms with E-state index >= 15 is 0 Å². The maximum absolute atomic E-state index is 9.78. The average Bonchev–Trinajstić information content (AvgIpc) is 2.41. The Hall–Kier alpha value is -0.940. The fourth-order valence-electron chi connectivity index (χ4n) is 1.22. The number of hydrogen-bond acceptors (Lipinski definition) is 3. The van der Waals surface area contributed by atoms with Gasteiger partial charge in [0, 0.05) is 11.8 Å². The van der Waals surface area contributed by atoms with E-state index in [-0.39, 0.29) is 0 Å². The maximum Gasteiger partial charge on any atom is 0.218 e. The largest absolute Gasteiger partial charge is 0.386 e. The average molecular weight is 256 g/mol. The lowest BCUT2D eigenvalue weighted by atomic mass is 10.0. The molecule has 0 atom stereocenters. The van der Waals surface area contributed by atoms with Crippen LogP contribution < -0.4 is 0 Å². The lowest BCUT2D eigenvalue weighted by Gasteiger charge is -2.16. The number of aromatic nitrogens is 3. The molecule has 14 heavy (non-hydrogen) atoms. The summed E-state index contributed by atoms with van der Waals surface area (Å²) in [5, 5.41) is 13.9. The lowest BCUT2D eigenvalue weighted by Crippen LogP contribution is -2.16. The van der Waals surface area contributed by atoms with Gasteiger partial charge in [-0.3, -0.25) is 0 Å². The van der Waals surface area contributed by atoms with Gasteiger partial charge in [-0.1, -0.05) is 6.07 Å². The van der Waals surface area contributed by atoms with Gasteiger partial charge in [0.15, 0.2) is 5.65 Å². The van der Waals surface area contributed by atoms with E-state index in [2.05, 4.69) is 26.0 Å². The van der Waals surface area contributed by atoms with Crippen molar-refractivity contribution in [3.63, 3.8) is 0 Å². The molecule has 4 nitrogen and oxygen atoms in total. The zero-order chi connectivity index (χ0) is 10.3. The molecule has 0 unspecified atom stereocenters. The first-order valence-corrected chi connectivity index (χ1v) is 5.01. The SMILES string of the molecule is CC(C)(O)c1ccc2nc(Br)nn2c1. The molecule has 0 aliphatic rings. The number of halogens is 1. The molecule has 2 aromatic rings. The monoisotopic (exact) mass is 255 g/mol. The molecule has 0 spiro atoms. The minimum Gasteiger partial charge on any atom is -0.386 e. The molecule has 2 heterocycles. The first kappa shape index (κ1) is 9.61. The Morgan fingerprint density at radius 1 is 1.43 bits per heavy atom. The highest BCUT2D eigenvalue weighted by atomic mass is 79.9. The summed E-state index contributed by atoms with van der Waals surface area (Å²) in [5.41, 5.74) is 0.708. The summed E-state index contributed by atoms with van der Waals surface area (Å²) in [6.07, 6.45) is 1.77. The van der Waals surface area contributed by atoms with Gasteiger partial charge in [0.25, 0.3) is 0 Å². The smallest absolute Gasteiger partial charge is 0.218 e. The first-order chi connectivity index (χ1) is 6.47. The van der Waals surface area contributed by atoms with Crippen LogP contribution in [0.25, 0.3) is 5.65 Å². The summed E-state index contributed by atoms with van der Waals surface area (Å²) in [6.45, 7) is 3.47. The second kappa shape index (κ2) is 3.03.